The molecule has 0 heterocycles. The molecule has 2 aliphatic carbocycles. The molecule has 0 aromatic carbocycles. The molecule has 0 saturated heterocycles. The van der Waals surface area contributed by atoms with E-state index in [9.17, 15) is 4.79 Å². The predicted molar refractivity (Wildman–Crippen MR) is 80.0 cm³/mol. The lowest BCUT2D eigenvalue weighted by Gasteiger charge is -2.31. The Hall–Kier alpha value is -0.890. The largest absolute Gasteiger partial charge is 0.307 e. The smallest absolute Gasteiger partial charge is 0.154 e. The number of hydrogen-bond acceptors (Lipinski definition) is 2. The van der Waals surface area contributed by atoms with Crippen molar-refractivity contribution in [1.29, 1.82) is 0 Å². The van der Waals surface area contributed by atoms with Crippen LogP contribution in [0.15, 0.2) is 23.8 Å². The van der Waals surface area contributed by atoms with E-state index in [-0.39, 0.29) is 5.92 Å². The third-order valence-corrected chi connectivity index (χ3v) is 4.79. The van der Waals surface area contributed by atoms with E-state index < -0.39 is 0 Å². The Morgan fingerprint density at radius 1 is 1.32 bits per heavy atom. The van der Waals surface area contributed by atoms with E-state index in [4.69, 9.17) is 0 Å². The first-order chi connectivity index (χ1) is 9.09. The van der Waals surface area contributed by atoms with E-state index in [1.165, 1.54) is 31.3 Å². The third kappa shape index (κ3) is 3.56. The molecule has 0 amide bonds. The number of Topliss-reactive ketones (excluding diaryl/α,β-unsaturated/α-hetero) is 1. The maximum atomic E-state index is 12.4. The number of allylic oxidation sites excluding steroid dienone is 4. The van der Waals surface area contributed by atoms with E-state index >= 15 is 0 Å². The lowest BCUT2D eigenvalue weighted by atomic mass is 9.80. The van der Waals surface area contributed by atoms with Gasteiger partial charge < -0.3 is 5.32 Å². The van der Waals surface area contributed by atoms with Gasteiger partial charge in [0.1, 0.15) is 0 Å². The summed E-state index contributed by atoms with van der Waals surface area (Å²) in [6, 6.07) is 0.538. The Balaban J connectivity index is 1.87. The summed E-state index contributed by atoms with van der Waals surface area (Å²) in [5, 5.41) is 3.51. The highest BCUT2D eigenvalue weighted by atomic mass is 16.1. The average molecular weight is 261 g/mol. The number of nitrogens with one attached hydrogen (secondary N) is 1. The summed E-state index contributed by atoms with van der Waals surface area (Å²) >= 11 is 0. The molecule has 2 nitrogen and oxygen atoms in total. The Bertz CT molecular complexity index is 383. The predicted octanol–water partition coefficient (Wildman–Crippen LogP) is 3.49. The summed E-state index contributed by atoms with van der Waals surface area (Å²) in [7, 11) is 0. The third-order valence-electron chi connectivity index (χ3n) is 4.79. The van der Waals surface area contributed by atoms with Gasteiger partial charge in [-0.15, -0.1) is 0 Å². The second-order valence-electron chi connectivity index (χ2n) is 6.35. The van der Waals surface area contributed by atoms with Crippen molar-refractivity contribution < 1.29 is 4.79 Å². The first-order valence-corrected chi connectivity index (χ1v) is 7.70. The van der Waals surface area contributed by atoms with Crippen LogP contribution in [0.5, 0.6) is 0 Å². The van der Waals surface area contributed by atoms with Gasteiger partial charge in [0.25, 0.3) is 0 Å². The SMILES string of the molecule is CC1=CC=CC(C)C1C(=O)CNC1CCCCC1C. The number of carbonyl (C=O) groups excluding carboxylic acids is 1. The zero-order valence-corrected chi connectivity index (χ0v) is 12.5. The summed E-state index contributed by atoms with van der Waals surface area (Å²) in [5.41, 5.74) is 1.21. The molecule has 2 aliphatic rings. The molecule has 106 valence electrons. The Labute approximate surface area is 117 Å². The summed E-state index contributed by atoms with van der Waals surface area (Å²) in [6.07, 6.45) is 11.5. The molecule has 1 N–H and O–H groups in total. The van der Waals surface area contributed by atoms with Crippen LogP contribution in [-0.4, -0.2) is 18.4 Å². The van der Waals surface area contributed by atoms with Gasteiger partial charge in [0.05, 0.1) is 6.54 Å². The van der Waals surface area contributed by atoms with Crippen molar-refractivity contribution in [3.8, 4) is 0 Å². The molecule has 0 bridgehead atoms. The average Bonchev–Trinajstić information content (AvgIpc) is 2.37. The maximum absolute atomic E-state index is 12.4. The number of ketones is 1. The van der Waals surface area contributed by atoms with Crippen molar-refractivity contribution in [1.82, 2.24) is 5.32 Å². The topological polar surface area (TPSA) is 29.1 Å². The molecule has 0 aromatic heterocycles. The van der Waals surface area contributed by atoms with Crippen LogP contribution in [0.1, 0.15) is 46.5 Å². The molecule has 2 heteroatoms. The van der Waals surface area contributed by atoms with Gasteiger partial charge in [-0.1, -0.05) is 50.5 Å². The second kappa shape index (κ2) is 6.51. The van der Waals surface area contributed by atoms with Gasteiger partial charge in [-0.2, -0.15) is 0 Å². The van der Waals surface area contributed by atoms with Crippen molar-refractivity contribution in [3.63, 3.8) is 0 Å². The molecule has 19 heavy (non-hydrogen) atoms. The minimum Gasteiger partial charge on any atom is -0.307 e. The van der Waals surface area contributed by atoms with Gasteiger partial charge in [0.15, 0.2) is 5.78 Å². The van der Waals surface area contributed by atoms with Crippen molar-refractivity contribution >= 4 is 5.78 Å². The fourth-order valence-electron chi connectivity index (χ4n) is 3.52. The fourth-order valence-corrected chi connectivity index (χ4v) is 3.52. The number of rotatable bonds is 4. The van der Waals surface area contributed by atoms with Crippen molar-refractivity contribution in [2.75, 3.05) is 6.54 Å². The molecule has 0 spiro atoms. The first-order valence-electron chi connectivity index (χ1n) is 7.70. The fraction of sp³-hybridized carbons (Fsp3) is 0.706. The summed E-state index contributed by atoms with van der Waals surface area (Å²) < 4.78 is 0. The molecule has 1 fully saturated rings. The van der Waals surface area contributed by atoms with Crippen LogP contribution in [0.2, 0.25) is 0 Å². The van der Waals surface area contributed by atoms with E-state index in [0.717, 1.165) is 0 Å². The minimum absolute atomic E-state index is 0.0800. The van der Waals surface area contributed by atoms with Gasteiger partial charge in [0.2, 0.25) is 0 Å². The van der Waals surface area contributed by atoms with Crippen LogP contribution in [0.4, 0.5) is 0 Å². The van der Waals surface area contributed by atoms with Crippen LogP contribution in [0, 0.1) is 17.8 Å². The number of carbonyl (C=O) groups is 1. The van der Waals surface area contributed by atoms with Gasteiger partial charge in [-0.05, 0) is 31.6 Å². The van der Waals surface area contributed by atoms with Crippen molar-refractivity contribution in [3.05, 3.63) is 23.8 Å². The standard InChI is InChI=1S/C17H27NO/c1-12-7-4-5-10-15(12)18-11-16(19)17-13(2)8-6-9-14(17)3/h6,8-9,12-13,15,17-18H,4-5,7,10-11H2,1-3H3. The summed E-state index contributed by atoms with van der Waals surface area (Å²) in [6.45, 7) is 7.05. The van der Waals surface area contributed by atoms with E-state index in [1.807, 2.05) is 0 Å². The van der Waals surface area contributed by atoms with Crippen molar-refractivity contribution in [2.45, 2.75) is 52.5 Å². The van der Waals surface area contributed by atoms with Crippen LogP contribution >= 0.6 is 0 Å². The van der Waals surface area contributed by atoms with E-state index in [0.29, 0.717) is 30.2 Å². The molecule has 0 radical (unpaired) electrons. The highest BCUT2D eigenvalue weighted by Gasteiger charge is 2.28. The molecule has 4 unspecified atom stereocenters. The molecule has 2 rings (SSSR count). The van der Waals surface area contributed by atoms with Crippen LogP contribution in [-0.2, 0) is 4.79 Å². The quantitative estimate of drug-likeness (QED) is 0.839. The molecular weight excluding hydrogens is 234 g/mol. The molecule has 4 atom stereocenters. The highest BCUT2D eigenvalue weighted by Crippen LogP contribution is 2.27. The Kier molecular flexibility index (Phi) is 4.98. The Morgan fingerprint density at radius 3 is 2.74 bits per heavy atom. The highest BCUT2D eigenvalue weighted by molar-refractivity contribution is 5.86. The van der Waals surface area contributed by atoms with Crippen LogP contribution in [0.3, 0.4) is 0 Å². The molecular formula is C17H27NO. The van der Waals surface area contributed by atoms with Crippen LogP contribution < -0.4 is 5.32 Å². The van der Waals surface area contributed by atoms with Gasteiger partial charge in [-0.3, -0.25) is 4.79 Å². The first kappa shape index (κ1) is 14.5. The van der Waals surface area contributed by atoms with Crippen molar-refractivity contribution in [2.24, 2.45) is 17.8 Å². The normalized spacial score (nSPS) is 35.0. The zero-order chi connectivity index (χ0) is 13.8. The molecule has 0 aliphatic heterocycles. The maximum Gasteiger partial charge on any atom is 0.154 e. The summed E-state index contributed by atoms with van der Waals surface area (Å²) in [4.78, 5) is 12.4. The minimum atomic E-state index is 0.0800. The lowest BCUT2D eigenvalue weighted by molar-refractivity contribution is -0.122. The molecule has 0 aromatic rings. The second-order valence-corrected chi connectivity index (χ2v) is 6.35. The Morgan fingerprint density at radius 2 is 2.05 bits per heavy atom. The number of hydrogen-bond donors (Lipinski definition) is 1. The van der Waals surface area contributed by atoms with Crippen LogP contribution in [0.25, 0.3) is 0 Å². The molecule has 1 saturated carbocycles. The van der Waals surface area contributed by atoms with Gasteiger partial charge >= 0.3 is 0 Å². The monoisotopic (exact) mass is 261 g/mol. The van der Waals surface area contributed by atoms with Gasteiger partial charge in [0, 0.05) is 12.0 Å². The van der Waals surface area contributed by atoms with Gasteiger partial charge in [-0.25, -0.2) is 0 Å². The van der Waals surface area contributed by atoms with E-state index in [1.54, 1.807) is 0 Å². The van der Waals surface area contributed by atoms with E-state index in [2.05, 4.69) is 44.3 Å². The lowest BCUT2D eigenvalue weighted by Crippen LogP contribution is -2.42. The zero-order valence-electron chi connectivity index (χ0n) is 12.5. The summed E-state index contributed by atoms with van der Waals surface area (Å²) in [5.74, 6) is 1.48.